The van der Waals surface area contributed by atoms with E-state index in [9.17, 15) is 4.79 Å². The highest BCUT2D eigenvalue weighted by Crippen LogP contribution is 2.24. The first kappa shape index (κ1) is 17.0. The van der Waals surface area contributed by atoms with E-state index in [4.69, 9.17) is 4.42 Å². The molecule has 130 valence electrons. The predicted molar refractivity (Wildman–Crippen MR) is 96.3 cm³/mol. The molecule has 2 N–H and O–H groups in total. The van der Waals surface area contributed by atoms with Gasteiger partial charge in [-0.05, 0) is 55.9 Å². The Kier molecular flexibility index (Phi) is 6.32. The highest BCUT2D eigenvalue weighted by Gasteiger charge is 2.24. The number of rotatable bonds is 7. The van der Waals surface area contributed by atoms with E-state index >= 15 is 0 Å². The lowest BCUT2D eigenvalue weighted by atomic mass is 10.1. The molecular weight excluding hydrogens is 322 g/mol. The number of hydrogen-bond donors (Lipinski definition) is 2. The van der Waals surface area contributed by atoms with Gasteiger partial charge in [0.15, 0.2) is 0 Å². The molecule has 1 saturated heterocycles. The minimum atomic E-state index is -0.111. The van der Waals surface area contributed by atoms with Gasteiger partial charge in [0.2, 0.25) is 0 Å². The van der Waals surface area contributed by atoms with Gasteiger partial charge < -0.3 is 15.1 Å². The molecule has 5 nitrogen and oxygen atoms in total. The fraction of sp³-hybridized carbons (Fsp3) is 0.500. The highest BCUT2D eigenvalue weighted by atomic mass is 32.1. The zero-order chi connectivity index (χ0) is 16.6. The number of nitrogens with zero attached hydrogens (tertiary/aromatic N) is 1. The third-order valence-electron chi connectivity index (χ3n) is 4.40. The van der Waals surface area contributed by atoms with E-state index in [-0.39, 0.29) is 12.1 Å². The van der Waals surface area contributed by atoms with Crippen molar-refractivity contribution < 1.29 is 9.21 Å². The maximum atomic E-state index is 12.1. The smallest absolute Gasteiger partial charge is 0.314 e. The summed E-state index contributed by atoms with van der Waals surface area (Å²) in [6, 6.07) is 8.03. The zero-order valence-corrected chi connectivity index (χ0v) is 14.7. The fourth-order valence-corrected chi connectivity index (χ4v) is 3.84. The summed E-state index contributed by atoms with van der Waals surface area (Å²) in [5, 5.41) is 7.99. The first-order valence-electron chi connectivity index (χ1n) is 8.64. The van der Waals surface area contributed by atoms with Crippen molar-refractivity contribution in [3.8, 4) is 0 Å². The Morgan fingerprint density at radius 3 is 2.79 bits per heavy atom. The first-order chi connectivity index (χ1) is 11.8. The molecule has 0 aliphatic carbocycles. The summed E-state index contributed by atoms with van der Waals surface area (Å²) < 4.78 is 5.60. The molecule has 1 unspecified atom stereocenters. The summed E-state index contributed by atoms with van der Waals surface area (Å²) in [5.74, 6) is 0.927. The van der Waals surface area contributed by atoms with Crippen LogP contribution in [0.15, 0.2) is 40.3 Å². The molecule has 0 aromatic carbocycles. The van der Waals surface area contributed by atoms with Crippen molar-refractivity contribution in [3.05, 3.63) is 46.5 Å². The van der Waals surface area contributed by atoms with Crippen LogP contribution in [-0.4, -0.2) is 37.1 Å². The van der Waals surface area contributed by atoms with Crippen LogP contribution in [0, 0.1) is 0 Å². The Morgan fingerprint density at radius 2 is 2.08 bits per heavy atom. The fourth-order valence-electron chi connectivity index (χ4n) is 3.13. The van der Waals surface area contributed by atoms with Crippen molar-refractivity contribution in [3.63, 3.8) is 0 Å². The van der Waals surface area contributed by atoms with Gasteiger partial charge in [-0.25, -0.2) is 4.79 Å². The van der Waals surface area contributed by atoms with Crippen LogP contribution in [0.1, 0.15) is 35.9 Å². The van der Waals surface area contributed by atoms with E-state index in [1.165, 1.54) is 24.1 Å². The second-order valence-corrected chi connectivity index (χ2v) is 7.13. The Bertz CT molecular complexity index is 592. The van der Waals surface area contributed by atoms with E-state index < -0.39 is 0 Å². The molecule has 1 aliphatic rings. The summed E-state index contributed by atoms with van der Waals surface area (Å²) in [4.78, 5) is 15.8. The third-order valence-corrected chi connectivity index (χ3v) is 5.33. The van der Waals surface area contributed by atoms with Gasteiger partial charge in [-0.1, -0.05) is 12.5 Å². The standard InChI is InChI=1S/C18H25N3O2S/c22-18(19-9-8-15-6-5-13-24-15)20-14-16(17-7-4-12-23-17)21-10-2-1-3-11-21/h4-7,12-13,16H,1-3,8-11,14H2,(H2,19,20,22). The second-order valence-electron chi connectivity index (χ2n) is 6.09. The van der Waals surface area contributed by atoms with Crippen LogP contribution in [-0.2, 0) is 6.42 Å². The summed E-state index contributed by atoms with van der Waals surface area (Å²) in [7, 11) is 0. The molecule has 2 aromatic heterocycles. The van der Waals surface area contributed by atoms with Gasteiger partial charge in [0, 0.05) is 18.0 Å². The molecule has 3 rings (SSSR count). The first-order valence-corrected chi connectivity index (χ1v) is 9.52. The van der Waals surface area contributed by atoms with Gasteiger partial charge in [0.1, 0.15) is 5.76 Å². The van der Waals surface area contributed by atoms with E-state index in [2.05, 4.69) is 27.0 Å². The maximum absolute atomic E-state index is 12.1. The normalized spacial score (nSPS) is 16.7. The molecule has 0 radical (unpaired) electrons. The number of amides is 2. The van der Waals surface area contributed by atoms with Crippen molar-refractivity contribution in [1.82, 2.24) is 15.5 Å². The summed E-state index contributed by atoms with van der Waals surface area (Å²) in [6.07, 6.45) is 6.29. The topological polar surface area (TPSA) is 57.5 Å². The van der Waals surface area contributed by atoms with Gasteiger partial charge >= 0.3 is 6.03 Å². The largest absolute Gasteiger partial charge is 0.468 e. The average molecular weight is 347 g/mol. The molecule has 2 aromatic rings. The Balaban J connectivity index is 1.46. The van der Waals surface area contributed by atoms with Crippen molar-refractivity contribution in [1.29, 1.82) is 0 Å². The van der Waals surface area contributed by atoms with Gasteiger partial charge in [-0.15, -0.1) is 11.3 Å². The SMILES string of the molecule is O=C(NCCc1cccs1)NCC(c1ccco1)N1CCCCC1. The molecule has 1 fully saturated rings. The predicted octanol–water partition coefficient (Wildman–Crippen LogP) is 3.41. The Hall–Kier alpha value is -1.79. The number of nitrogens with one attached hydrogen (secondary N) is 2. The number of furan rings is 1. The average Bonchev–Trinajstić information content (AvgIpc) is 3.30. The monoisotopic (exact) mass is 347 g/mol. The van der Waals surface area contributed by atoms with E-state index in [1.54, 1.807) is 17.6 Å². The maximum Gasteiger partial charge on any atom is 0.314 e. The van der Waals surface area contributed by atoms with E-state index in [0.717, 1.165) is 25.3 Å². The van der Waals surface area contributed by atoms with Gasteiger partial charge in [-0.2, -0.15) is 0 Å². The molecule has 0 spiro atoms. The molecule has 3 heterocycles. The van der Waals surface area contributed by atoms with Crippen LogP contribution in [0.25, 0.3) is 0 Å². The molecule has 2 amide bonds. The number of carbonyl (C=O) groups is 1. The summed E-state index contributed by atoms with van der Waals surface area (Å²) in [5.41, 5.74) is 0. The molecule has 0 bridgehead atoms. The molecular formula is C18H25N3O2S. The van der Waals surface area contributed by atoms with E-state index in [0.29, 0.717) is 13.1 Å². The molecule has 24 heavy (non-hydrogen) atoms. The lowest BCUT2D eigenvalue weighted by Crippen LogP contribution is -2.43. The molecule has 1 atom stereocenters. The minimum absolute atomic E-state index is 0.111. The molecule has 0 saturated carbocycles. The minimum Gasteiger partial charge on any atom is -0.468 e. The van der Waals surface area contributed by atoms with Crippen LogP contribution in [0.4, 0.5) is 4.79 Å². The number of carbonyl (C=O) groups excluding carboxylic acids is 1. The van der Waals surface area contributed by atoms with Crippen molar-refractivity contribution in [2.45, 2.75) is 31.7 Å². The van der Waals surface area contributed by atoms with Crippen LogP contribution >= 0.6 is 11.3 Å². The van der Waals surface area contributed by atoms with Crippen LogP contribution in [0.2, 0.25) is 0 Å². The highest BCUT2D eigenvalue weighted by molar-refractivity contribution is 7.09. The summed E-state index contributed by atoms with van der Waals surface area (Å²) in [6.45, 7) is 3.35. The third kappa shape index (κ3) is 4.85. The van der Waals surface area contributed by atoms with Crippen LogP contribution in [0.3, 0.4) is 0 Å². The number of likely N-dealkylation sites (tertiary alicyclic amines) is 1. The Morgan fingerprint density at radius 1 is 1.21 bits per heavy atom. The van der Waals surface area contributed by atoms with Crippen molar-refractivity contribution in [2.24, 2.45) is 0 Å². The summed E-state index contributed by atoms with van der Waals surface area (Å²) >= 11 is 1.72. The molecule has 1 aliphatic heterocycles. The van der Waals surface area contributed by atoms with E-state index in [1.807, 2.05) is 18.2 Å². The van der Waals surface area contributed by atoms with Crippen molar-refractivity contribution >= 4 is 17.4 Å². The Labute approximate surface area is 147 Å². The van der Waals surface area contributed by atoms with Gasteiger partial charge in [-0.3, -0.25) is 4.90 Å². The quantitative estimate of drug-likeness (QED) is 0.807. The second kappa shape index (κ2) is 8.89. The van der Waals surface area contributed by atoms with Gasteiger partial charge in [0.05, 0.1) is 12.3 Å². The number of urea groups is 1. The lowest BCUT2D eigenvalue weighted by molar-refractivity contribution is 0.143. The van der Waals surface area contributed by atoms with Crippen LogP contribution in [0.5, 0.6) is 0 Å². The van der Waals surface area contributed by atoms with Crippen molar-refractivity contribution in [2.75, 3.05) is 26.2 Å². The lowest BCUT2D eigenvalue weighted by Gasteiger charge is -2.33. The van der Waals surface area contributed by atoms with Gasteiger partial charge in [0.25, 0.3) is 0 Å². The van der Waals surface area contributed by atoms with Crippen LogP contribution < -0.4 is 10.6 Å². The molecule has 6 heteroatoms. The number of thiophene rings is 1. The number of piperidine rings is 1. The number of hydrogen-bond acceptors (Lipinski definition) is 4. The zero-order valence-electron chi connectivity index (χ0n) is 13.9.